The van der Waals surface area contributed by atoms with Crippen LogP contribution in [-0.4, -0.2) is 41.0 Å². The molecule has 2 rings (SSSR count). The molecule has 1 fully saturated rings. The number of rotatable bonds is 4. The zero-order valence-electron chi connectivity index (χ0n) is 9.18. The molecule has 0 radical (unpaired) electrons. The minimum atomic E-state index is -2.80. The second-order valence-corrected chi connectivity index (χ2v) is 4.04. The van der Waals surface area contributed by atoms with Crippen molar-refractivity contribution >= 4 is 0 Å². The lowest BCUT2D eigenvalue weighted by Gasteiger charge is -2.18. The number of alkyl halides is 2. The number of nitrogens with zero attached hydrogens (tertiary/aromatic N) is 2. The van der Waals surface area contributed by atoms with E-state index in [1.165, 1.54) is 0 Å². The second-order valence-electron chi connectivity index (χ2n) is 4.04. The Morgan fingerprint density at radius 3 is 2.71 bits per heavy atom. The fourth-order valence-corrected chi connectivity index (χ4v) is 1.74. The Kier molecular flexibility index (Phi) is 4.01. The van der Waals surface area contributed by atoms with Gasteiger partial charge in [-0.05, 0) is 12.8 Å². The average molecular weight is 248 g/mol. The number of hydrogen-bond acceptors (Lipinski definition) is 5. The molecule has 0 aliphatic carbocycles. The molecule has 5 nitrogen and oxygen atoms in total. The van der Waals surface area contributed by atoms with Gasteiger partial charge in [0.15, 0.2) is 5.82 Å². The van der Waals surface area contributed by atoms with Gasteiger partial charge in [0, 0.05) is 19.1 Å². The Labute approximate surface area is 96.8 Å². The normalized spacial score (nSPS) is 19.8. The third-order valence-corrected chi connectivity index (χ3v) is 2.74. The summed E-state index contributed by atoms with van der Waals surface area (Å²) < 4.78 is 34.3. The maximum absolute atomic E-state index is 12.1. The molecule has 0 aromatic carbocycles. The maximum atomic E-state index is 12.1. The van der Waals surface area contributed by atoms with E-state index in [2.05, 4.69) is 10.1 Å². The van der Waals surface area contributed by atoms with E-state index in [9.17, 15) is 8.78 Å². The van der Waals surface area contributed by atoms with Gasteiger partial charge in [0.2, 0.25) is 5.89 Å². The van der Waals surface area contributed by atoms with E-state index in [-0.39, 0.29) is 18.2 Å². The van der Waals surface area contributed by atoms with E-state index in [0.717, 1.165) is 12.8 Å². The molecule has 17 heavy (non-hydrogen) atoms. The summed E-state index contributed by atoms with van der Waals surface area (Å²) in [6.07, 6.45) is -3.26. The molecule has 1 aromatic rings. The Hall–Kier alpha value is -1.08. The van der Waals surface area contributed by atoms with E-state index < -0.39 is 12.5 Å². The van der Waals surface area contributed by atoms with E-state index in [1.54, 1.807) is 0 Å². The van der Waals surface area contributed by atoms with Crippen LogP contribution in [0.3, 0.4) is 0 Å². The van der Waals surface area contributed by atoms with Gasteiger partial charge in [-0.3, -0.25) is 0 Å². The van der Waals surface area contributed by atoms with Crippen LogP contribution in [0, 0.1) is 0 Å². The molecule has 0 amide bonds. The highest BCUT2D eigenvalue weighted by atomic mass is 19.3. The molecule has 1 aromatic heterocycles. The molecule has 0 saturated carbocycles. The first-order valence-corrected chi connectivity index (χ1v) is 5.53. The van der Waals surface area contributed by atoms with Crippen molar-refractivity contribution in [3.63, 3.8) is 0 Å². The predicted molar refractivity (Wildman–Crippen MR) is 52.8 cm³/mol. The monoisotopic (exact) mass is 248 g/mol. The highest BCUT2D eigenvalue weighted by Crippen LogP contribution is 2.24. The largest absolute Gasteiger partial charge is 0.387 e. The van der Waals surface area contributed by atoms with Gasteiger partial charge in [0.1, 0.15) is 6.10 Å². The summed E-state index contributed by atoms with van der Waals surface area (Å²) in [5, 5.41) is 12.8. The van der Waals surface area contributed by atoms with E-state index >= 15 is 0 Å². The first-order valence-electron chi connectivity index (χ1n) is 5.53. The lowest BCUT2D eigenvalue weighted by Crippen LogP contribution is -2.20. The first kappa shape index (κ1) is 12.4. The van der Waals surface area contributed by atoms with Crippen LogP contribution in [0.1, 0.15) is 30.5 Å². The molecule has 1 aliphatic rings. The summed E-state index contributed by atoms with van der Waals surface area (Å²) in [5.41, 5.74) is 0. The van der Waals surface area contributed by atoms with Crippen LogP contribution in [0.4, 0.5) is 8.78 Å². The molecule has 96 valence electrons. The predicted octanol–water partition coefficient (Wildman–Crippen LogP) is 1.13. The van der Waals surface area contributed by atoms with Crippen LogP contribution in [0.25, 0.3) is 0 Å². The van der Waals surface area contributed by atoms with Gasteiger partial charge in [-0.2, -0.15) is 4.98 Å². The molecule has 0 bridgehead atoms. The maximum Gasteiger partial charge on any atom is 0.264 e. The van der Waals surface area contributed by atoms with Crippen LogP contribution in [0.15, 0.2) is 4.52 Å². The van der Waals surface area contributed by atoms with Gasteiger partial charge < -0.3 is 14.4 Å². The number of halogens is 2. The fraction of sp³-hybridized carbons (Fsp3) is 0.800. The summed E-state index contributed by atoms with van der Waals surface area (Å²) in [5.74, 6) is 0.731. The van der Waals surface area contributed by atoms with Crippen LogP contribution < -0.4 is 0 Å². The molecule has 1 atom stereocenters. The topological polar surface area (TPSA) is 68.4 Å². The Balaban J connectivity index is 1.95. The van der Waals surface area contributed by atoms with Crippen LogP contribution >= 0.6 is 0 Å². The van der Waals surface area contributed by atoms with Crippen molar-refractivity contribution in [1.82, 2.24) is 10.1 Å². The van der Waals surface area contributed by atoms with Gasteiger partial charge in [-0.1, -0.05) is 5.16 Å². The minimum Gasteiger partial charge on any atom is -0.387 e. The van der Waals surface area contributed by atoms with E-state index in [0.29, 0.717) is 19.0 Å². The van der Waals surface area contributed by atoms with Crippen LogP contribution in [0.5, 0.6) is 0 Å². The van der Waals surface area contributed by atoms with Crippen molar-refractivity contribution in [2.75, 3.05) is 13.2 Å². The van der Waals surface area contributed by atoms with Crippen molar-refractivity contribution in [3.8, 4) is 0 Å². The van der Waals surface area contributed by atoms with Crippen molar-refractivity contribution < 1.29 is 23.1 Å². The van der Waals surface area contributed by atoms with Crippen molar-refractivity contribution in [2.45, 2.75) is 37.7 Å². The quantitative estimate of drug-likeness (QED) is 0.865. The van der Waals surface area contributed by atoms with Crippen LogP contribution in [0.2, 0.25) is 0 Å². The Bertz CT molecular complexity index is 353. The van der Waals surface area contributed by atoms with E-state index in [4.69, 9.17) is 14.4 Å². The third kappa shape index (κ3) is 3.19. The molecule has 1 aliphatic heterocycles. The molecule has 2 heterocycles. The molecular weight excluding hydrogens is 234 g/mol. The highest BCUT2D eigenvalue weighted by molar-refractivity contribution is 4.97. The molecular formula is C10H14F2N2O3. The van der Waals surface area contributed by atoms with Crippen molar-refractivity contribution in [3.05, 3.63) is 11.7 Å². The summed E-state index contributed by atoms with van der Waals surface area (Å²) >= 11 is 0. The molecule has 1 N–H and O–H groups in total. The molecule has 1 saturated heterocycles. The van der Waals surface area contributed by atoms with Crippen molar-refractivity contribution in [2.24, 2.45) is 0 Å². The van der Waals surface area contributed by atoms with Gasteiger partial charge in [0.05, 0.1) is 6.42 Å². The summed E-state index contributed by atoms with van der Waals surface area (Å²) in [7, 11) is 0. The summed E-state index contributed by atoms with van der Waals surface area (Å²) in [4.78, 5) is 4.03. The number of aliphatic hydroxyl groups excluding tert-OH is 1. The van der Waals surface area contributed by atoms with Gasteiger partial charge in [0.25, 0.3) is 6.43 Å². The third-order valence-electron chi connectivity index (χ3n) is 2.74. The standard InChI is InChI=1S/C10H14F2N2O3/c11-9(12)7(15)5-8-13-10(14-17-8)6-1-3-16-4-2-6/h6-7,9,15H,1-5H2. The lowest BCUT2D eigenvalue weighted by atomic mass is 10.00. The van der Waals surface area contributed by atoms with Crippen molar-refractivity contribution in [1.29, 1.82) is 0 Å². The van der Waals surface area contributed by atoms with Crippen LogP contribution in [-0.2, 0) is 11.2 Å². The second kappa shape index (κ2) is 5.50. The molecule has 7 heteroatoms. The Morgan fingerprint density at radius 2 is 2.06 bits per heavy atom. The smallest absolute Gasteiger partial charge is 0.264 e. The molecule has 1 unspecified atom stereocenters. The summed E-state index contributed by atoms with van der Waals surface area (Å²) in [6, 6.07) is 0. The number of aromatic nitrogens is 2. The summed E-state index contributed by atoms with van der Waals surface area (Å²) in [6.45, 7) is 1.29. The average Bonchev–Trinajstić information content (AvgIpc) is 2.78. The Morgan fingerprint density at radius 1 is 1.35 bits per heavy atom. The van der Waals surface area contributed by atoms with Gasteiger partial charge >= 0.3 is 0 Å². The van der Waals surface area contributed by atoms with Gasteiger partial charge in [-0.15, -0.1) is 0 Å². The highest BCUT2D eigenvalue weighted by Gasteiger charge is 2.24. The number of aliphatic hydroxyl groups is 1. The SMILES string of the molecule is OC(Cc1nc(C2CCOCC2)no1)C(F)F. The van der Waals surface area contributed by atoms with E-state index in [1.807, 2.05) is 0 Å². The zero-order valence-corrected chi connectivity index (χ0v) is 9.18. The lowest BCUT2D eigenvalue weighted by molar-refractivity contribution is -0.00754. The number of ether oxygens (including phenoxy) is 1. The first-order chi connectivity index (χ1) is 8.16. The zero-order chi connectivity index (χ0) is 12.3. The minimum absolute atomic E-state index is 0.0549. The number of hydrogen-bond donors (Lipinski definition) is 1. The van der Waals surface area contributed by atoms with Gasteiger partial charge in [-0.25, -0.2) is 8.78 Å². The fourth-order valence-electron chi connectivity index (χ4n) is 1.74. The molecule has 0 spiro atoms.